The Balaban J connectivity index is 1.33. The Morgan fingerprint density at radius 3 is 2.83 bits per heavy atom. The van der Waals surface area contributed by atoms with Crippen LogP contribution in [0.2, 0.25) is 0 Å². The zero-order chi connectivity index (χ0) is 20.1. The Bertz CT molecular complexity index is 666. The minimum atomic E-state index is -0.571. The van der Waals surface area contributed by atoms with Crippen molar-refractivity contribution < 1.29 is 23.7 Å². The second kappa shape index (κ2) is 9.43. The lowest BCUT2D eigenvalue weighted by Crippen LogP contribution is -2.39. The Kier molecular flexibility index (Phi) is 6.70. The van der Waals surface area contributed by atoms with Crippen LogP contribution in [0.5, 0.6) is 0 Å². The summed E-state index contributed by atoms with van der Waals surface area (Å²) in [4.78, 5) is 14.9. The minimum absolute atomic E-state index is 0.0481. The van der Waals surface area contributed by atoms with Gasteiger partial charge in [-0.05, 0) is 38.3 Å². The van der Waals surface area contributed by atoms with Crippen LogP contribution < -0.4 is 5.32 Å². The molecule has 0 aliphatic carbocycles. The highest BCUT2D eigenvalue weighted by atomic mass is 16.8. The third-order valence-corrected chi connectivity index (χ3v) is 5.96. The van der Waals surface area contributed by atoms with E-state index in [1.807, 2.05) is 37.3 Å². The molecule has 3 aliphatic heterocycles. The first-order chi connectivity index (χ1) is 14.1. The number of morpholine rings is 1. The van der Waals surface area contributed by atoms with Crippen molar-refractivity contribution in [1.82, 2.24) is 10.2 Å². The van der Waals surface area contributed by atoms with Crippen LogP contribution in [-0.2, 0) is 18.9 Å². The lowest BCUT2D eigenvalue weighted by atomic mass is 9.96. The fraction of sp³-hybridized carbons (Fsp3) is 0.682. The topological polar surface area (TPSA) is 69.3 Å². The maximum atomic E-state index is 12.5. The highest BCUT2D eigenvalue weighted by Crippen LogP contribution is 2.44. The standard InChI is InChI=1S/C22H32N2O5/c1-22-10-5-9-18(28-22)20(29-22)19(17-7-3-2-4-8-17)27-21(25)23-11-6-12-24-13-15-26-16-14-24/h2-4,7-8,18-20H,5-6,9-16H2,1H3,(H,23,25)/t18?,19?,20?,22-/m0/s1. The predicted molar refractivity (Wildman–Crippen MR) is 108 cm³/mol. The van der Waals surface area contributed by atoms with E-state index >= 15 is 0 Å². The largest absolute Gasteiger partial charge is 0.438 e. The van der Waals surface area contributed by atoms with E-state index in [4.69, 9.17) is 18.9 Å². The quantitative estimate of drug-likeness (QED) is 0.705. The number of fused-ring (bicyclic) bond motifs is 2. The van der Waals surface area contributed by atoms with Crippen LogP contribution in [0.3, 0.4) is 0 Å². The van der Waals surface area contributed by atoms with Crippen LogP contribution in [0.4, 0.5) is 4.79 Å². The summed E-state index contributed by atoms with van der Waals surface area (Å²) in [5.41, 5.74) is 0.931. The van der Waals surface area contributed by atoms with E-state index < -0.39 is 18.0 Å². The van der Waals surface area contributed by atoms with Gasteiger partial charge < -0.3 is 24.3 Å². The van der Waals surface area contributed by atoms with Gasteiger partial charge in [-0.25, -0.2) is 4.79 Å². The van der Waals surface area contributed by atoms with Crippen molar-refractivity contribution in [2.75, 3.05) is 39.4 Å². The number of hydrogen-bond donors (Lipinski definition) is 1. The van der Waals surface area contributed by atoms with Crippen LogP contribution in [0.15, 0.2) is 30.3 Å². The van der Waals surface area contributed by atoms with Crippen molar-refractivity contribution in [3.63, 3.8) is 0 Å². The highest BCUT2D eigenvalue weighted by molar-refractivity contribution is 5.67. The number of rotatable bonds is 7. The molecule has 0 spiro atoms. The van der Waals surface area contributed by atoms with Gasteiger partial charge in [0.2, 0.25) is 0 Å². The number of ether oxygens (including phenoxy) is 4. The normalized spacial score (nSPS) is 30.7. The maximum Gasteiger partial charge on any atom is 0.407 e. The van der Waals surface area contributed by atoms with E-state index in [1.54, 1.807) is 0 Å². The molecule has 0 radical (unpaired) electrons. The number of nitrogens with zero attached hydrogens (tertiary/aromatic N) is 1. The van der Waals surface area contributed by atoms with Gasteiger partial charge in [0.15, 0.2) is 11.9 Å². The molecular formula is C22H32N2O5. The Hall–Kier alpha value is -1.67. The molecular weight excluding hydrogens is 372 g/mol. The lowest BCUT2D eigenvalue weighted by molar-refractivity contribution is -0.184. The average Bonchev–Trinajstić information content (AvgIpc) is 2.98. The molecule has 3 saturated heterocycles. The molecule has 1 N–H and O–H groups in total. The zero-order valence-corrected chi connectivity index (χ0v) is 17.2. The SMILES string of the molecule is C[C@]12CCCC(O1)C(C(OC(=O)NCCCN1CCOCC1)c1ccccc1)O2. The number of nitrogens with one attached hydrogen (secondary N) is 1. The molecule has 0 saturated carbocycles. The molecule has 1 aromatic rings. The molecule has 29 heavy (non-hydrogen) atoms. The number of benzene rings is 1. The van der Waals surface area contributed by atoms with E-state index in [-0.39, 0.29) is 12.2 Å². The third-order valence-electron chi connectivity index (χ3n) is 5.96. The molecule has 2 bridgehead atoms. The number of carbonyl (C=O) groups excluding carboxylic acids is 1. The van der Waals surface area contributed by atoms with Gasteiger partial charge in [-0.3, -0.25) is 4.90 Å². The first-order valence-corrected chi connectivity index (χ1v) is 10.8. The van der Waals surface area contributed by atoms with Gasteiger partial charge in [0.25, 0.3) is 0 Å². The fourth-order valence-corrected chi connectivity index (χ4v) is 4.44. The van der Waals surface area contributed by atoms with Crippen LogP contribution >= 0.6 is 0 Å². The molecule has 1 amide bonds. The van der Waals surface area contributed by atoms with Gasteiger partial charge in [-0.15, -0.1) is 0 Å². The van der Waals surface area contributed by atoms with E-state index in [1.165, 1.54) is 0 Å². The second-order valence-corrected chi connectivity index (χ2v) is 8.24. The summed E-state index contributed by atoms with van der Waals surface area (Å²) in [6, 6.07) is 9.82. The zero-order valence-electron chi connectivity index (χ0n) is 17.2. The molecule has 0 aromatic heterocycles. The smallest absolute Gasteiger partial charge is 0.407 e. The molecule has 7 heteroatoms. The molecule has 3 unspecified atom stereocenters. The molecule has 1 aromatic carbocycles. The molecule has 3 fully saturated rings. The minimum Gasteiger partial charge on any atom is -0.438 e. The summed E-state index contributed by atoms with van der Waals surface area (Å²) in [7, 11) is 0. The van der Waals surface area contributed by atoms with Crippen LogP contribution in [-0.4, -0.2) is 68.4 Å². The number of amides is 1. The van der Waals surface area contributed by atoms with Crippen molar-refractivity contribution in [3.05, 3.63) is 35.9 Å². The summed E-state index contributed by atoms with van der Waals surface area (Å²) in [5, 5.41) is 2.90. The van der Waals surface area contributed by atoms with Crippen molar-refractivity contribution in [2.24, 2.45) is 0 Å². The monoisotopic (exact) mass is 404 g/mol. The van der Waals surface area contributed by atoms with Crippen LogP contribution in [0.25, 0.3) is 0 Å². The summed E-state index contributed by atoms with van der Waals surface area (Å²) >= 11 is 0. The van der Waals surface area contributed by atoms with Crippen molar-refractivity contribution >= 4 is 6.09 Å². The molecule has 7 nitrogen and oxygen atoms in total. The van der Waals surface area contributed by atoms with Gasteiger partial charge >= 0.3 is 6.09 Å². The van der Waals surface area contributed by atoms with Gasteiger partial charge in [0.1, 0.15) is 6.10 Å². The molecule has 3 heterocycles. The molecule has 4 atom stereocenters. The number of carbonyl (C=O) groups is 1. The van der Waals surface area contributed by atoms with Crippen molar-refractivity contribution in [3.8, 4) is 0 Å². The number of alkyl carbamates (subject to hydrolysis) is 1. The van der Waals surface area contributed by atoms with E-state index in [2.05, 4.69) is 10.2 Å². The van der Waals surface area contributed by atoms with E-state index in [0.717, 1.165) is 64.1 Å². The van der Waals surface area contributed by atoms with E-state index in [0.29, 0.717) is 6.54 Å². The van der Waals surface area contributed by atoms with Crippen LogP contribution in [0.1, 0.15) is 44.3 Å². The summed E-state index contributed by atoms with van der Waals surface area (Å²) in [5.74, 6) is -0.571. The molecule has 4 rings (SSSR count). The molecule has 160 valence electrons. The summed E-state index contributed by atoms with van der Waals surface area (Å²) < 4.78 is 23.6. The Morgan fingerprint density at radius 2 is 2.07 bits per heavy atom. The van der Waals surface area contributed by atoms with Crippen LogP contribution in [0, 0.1) is 0 Å². The third kappa shape index (κ3) is 5.28. The van der Waals surface area contributed by atoms with Gasteiger partial charge in [-0.2, -0.15) is 0 Å². The maximum absolute atomic E-state index is 12.5. The van der Waals surface area contributed by atoms with Crippen molar-refractivity contribution in [1.29, 1.82) is 0 Å². The van der Waals surface area contributed by atoms with E-state index in [9.17, 15) is 4.79 Å². The van der Waals surface area contributed by atoms with Gasteiger partial charge in [-0.1, -0.05) is 30.3 Å². The second-order valence-electron chi connectivity index (χ2n) is 8.24. The first-order valence-electron chi connectivity index (χ1n) is 10.8. The highest BCUT2D eigenvalue weighted by Gasteiger charge is 2.51. The lowest BCUT2D eigenvalue weighted by Gasteiger charge is -2.27. The fourth-order valence-electron chi connectivity index (χ4n) is 4.44. The summed E-state index contributed by atoms with van der Waals surface area (Å²) in [6.07, 6.45) is 2.51. The Labute approximate surface area is 172 Å². The first kappa shape index (κ1) is 20.6. The van der Waals surface area contributed by atoms with Gasteiger partial charge in [0.05, 0.1) is 19.3 Å². The number of hydrogen-bond acceptors (Lipinski definition) is 6. The van der Waals surface area contributed by atoms with Gasteiger partial charge in [0, 0.05) is 26.1 Å². The Morgan fingerprint density at radius 1 is 1.28 bits per heavy atom. The predicted octanol–water partition coefficient (Wildman–Crippen LogP) is 2.86. The molecule has 3 aliphatic rings. The average molecular weight is 405 g/mol. The summed E-state index contributed by atoms with van der Waals surface area (Å²) in [6.45, 7) is 7.01. The van der Waals surface area contributed by atoms with Crippen molar-refractivity contribution in [2.45, 2.75) is 56.7 Å².